The van der Waals surface area contributed by atoms with Gasteiger partial charge in [0.1, 0.15) is 0 Å². The van der Waals surface area contributed by atoms with Crippen molar-refractivity contribution in [3.8, 4) is 0 Å². The molecule has 2 atom stereocenters. The van der Waals surface area contributed by atoms with Crippen molar-refractivity contribution in [3.63, 3.8) is 0 Å². The maximum Gasteiger partial charge on any atom is 0.310 e. The largest absolute Gasteiger partial charge is 0.481 e. The molecule has 2 aromatic carbocycles. The van der Waals surface area contributed by atoms with Crippen LogP contribution in [0, 0.1) is 0 Å². The van der Waals surface area contributed by atoms with Gasteiger partial charge in [0, 0.05) is 5.92 Å². The van der Waals surface area contributed by atoms with Crippen LogP contribution in [0.5, 0.6) is 0 Å². The highest BCUT2D eigenvalue weighted by atomic mass is 16.4. The minimum Gasteiger partial charge on any atom is -0.481 e. The number of carboxylic acid groups (broad SMARTS) is 1. The lowest BCUT2D eigenvalue weighted by atomic mass is 9.90. The molecule has 19 heavy (non-hydrogen) atoms. The molecule has 2 rings (SSSR count). The third-order valence-corrected chi connectivity index (χ3v) is 3.58. The fraction of sp³-hybridized carbons (Fsp3) is 0.235. The summed E-state index contributed by atoms with van der Waals surface area (Å²) in [5.41, 5.74) is 3.24. The molecule has 2 aromatic rings. The van der Waals surface area contributed by atoms with E-state index in [0.717, 1.165) is 11.1 Å². The van der Waals surface area contributed by atoms with Crippen molar-refractivity contribution in [2.75, 3.05) is 0 Å². The van der Waals surface area contributed by atoms with Gasteiger partial charge in [0.25, 0.3) is 0 Å². The molecule has 0 radical (unpaired) electrons. The molecule has 0 aliphatic carbocycles. The van der Waals surface area contributed by atoms with E-state index in [-0.39, 0.29) is 5.92 Å². The van der Waals surface area contributed by atoms with Crippen LogP contribution in [-0.4, -0.2) is 11.1 Å². The van der Waals surface area contributed by atoms with Gasteiger partial charge < -0.3 is 5.11 Å². The Morgan fingerprint density at radius 2 is 1.47 bits per heavy atom. The summed E-state index contributed by atoms with van der Waals surface area (Å²) in [6.07, 6.45) is 0. The summed E-state index contributed by atoms with van der Waals surface area (Å²) < 4.78 is 0. The molecule has 0 saturated heterocycles. The third kappa shape index (κ3) is 3.02. The quantitative estimate of drug-likeness (QED) is 0.894. The number of hydrogen-bond acceptors (Lipinski definition) is 1. The predicted octanol–water partition coefficient (Wildman–Crippen LogP) is 4.03. The van der Waals surface area contributed by atoms with Crippen molar-refractivity contribution >= 4 is 5.97 Å². The van der Waals surface area contributed by atoms with Gasteiger partial charge in [-0.25, -0.2) is 0 Å². The summed E-state index contributed by atoms with van der Waals surface area (Å²) in [7, 11) is 0. The smallest absolute Gasteiger partial charge is 0.310 e. The van der Waals surface area contributed by atoms with Crippen LogP contribution in [0.2, 0.25) is 0 Å². The number of hydrogen-bond donors (Lipinski definition) is 1. The van der Waals surface area contributed by atoms with Gasteiger partial charge in [-0.1, -0.05) is 61.5 Å². The lowest BCUT2D eigenvalue weighted by molar-refractivity contribution is -0.138. The number of benzene rings is 2. The van der Waals surface area contributed by atoms with Gasteiger partial charge in [0.05, 0.1) is 5.92 Å². The number of carboxylic acids is 1. The van der Waals surface area contributed by atoms with E-state index in [1.165, 1.54) is 5.56 Å². The van der Waals surface area contributed by atoms with Crippen LogP contribution in [0.1, 0.15) is 42.4 Å². The van der Waals surface area contributed by atoms with E-state index >= 15 is 0 Å². The Hall–Kier alpha value is -2.09. The Morgan fingerprint density at radius 1 is 0.895 bits per heavy atom. The van der Waals surface area contributed by atoms with Crippen molar-refractivity contribution in [3.05, 3.63) is 71.3 Å². The fourth-order valence-electron chi connectivity index (χ4n) is 2.17. The fourth-order valence-corrected chi connectivity index (χ4v) is 2.17. The normalized spacial score (nSPS) is 13.8. The zero-order chi connectivity index (χ0) is 13.8. The van der Waals surface area contributed by atoms with E-state index < -0.39 is 11.9 Å². The van der Waals surface area contributed by atoms with Crippen LogP contribution < -0.4 is 0 Å². The van der Waals surface area contributed by atoms with Gasteiger partial charge in [-0.15, -0.1) is 0 Å². The molecule has 0 saturated carbocycles. The molecular weight excluding hydrogens is 236 g/mol. The Kier molecular flexibility index (Phi) is 4.00. The van der Waals surface area contributed by atoms with Gasteiger partial charge in [0.2, 0.25) is 0 Å². The summed E-state index contributed by atoms with van der Waals surface area (Å²) in [5.74, 6) is -0.991. The SMILES string of the molecule is C[C@@H](c1ccccc1)c1cccc([C@@H](C)C(=O)O)c1. The topological polar surface area (TPSA) is 37.3 Å². The molecule has 0 aromatic heterocycles. The zero-order valence-corrected chi connectivity index (χ0v) is 11.2. The molecule has 1 N–H and O–H groups in total. The summed E-state index contributed by atoms with van der Waals surface area (Å²) in [6, 6.07) is 18.1. The monoisotopic (exact) mass is 254 g/mol. The van der Waals surface area contributed by atoms with E-state index in [0.29, 0.717) is 0 Å². The molecule has 0 aliphatic heterocycles. The van der Waals surface area contributed by atoms with Gasteiger partial charge in [0.15, 0.2) is 0 Å². The Morgan fingerprint density at radius 3 is 2.11 bits per heavy atom. The lowest BCUT2D eigenvalue weighted by Gasteiger charge is -2.15. The Bertz CT molecular complexity index is 560. The summed E-state index contributed by atoms with van der Waals surface area (Å²) in [5, 5.41) is 9.08. The standard InChI is InChI=1S/C17H18O2/c1-12(14-7-4-3-5-8-14)15-9-6-10-16(11-15)13(2)17(18)19/h3-13H,1-2H3,(H,18,19)/t12-,13+/m0/s1. The molecule has 98 valence electrons. The second-order valence-corrected chi connectivity index (χ2v) is 4.86. The average Bonchev–Trinajstić information content (AvgIpc) is 2.46. The first-order valence-corrected chi connectivity index (χ1v) is 6.47. The van der Waals surface area contributed by atoms with Crippen molar-refractivity contribution < 1.29 is 9.90 Å². The van der Waals surface area contributed by atoms with Gasteiger partial charge in [-0.3, -0.25) is 4.79 Å². The molecule has 0 heterocycles. The molecule has 0 aliphatic rings. The molecule has 2 heteroatoms. The van der Waals surface area contributed by atoms with Crippen LogP contribution in [-0.2, 0) is 4.79 Å². The van der Waals surface area contributed by atoms with Gasteiger partial charge in [-0.2, -0.15) is 0 Å². The summed E-state index contributed by atoms with van der Waals surface area (Å²) in [4.78, 5) is 11.1. The van der Waals surface area contributed by atoms with E-state index in [9.17, 15) is 4.79 Å². The van der Waals surface area contributed by atoms with Gasteiger partial charge in [-0.05, 0) is 23.6 Å². The Balaban J connectivity index is 2.31. The second-order valence-electron chi connectivity index (χ2n) is 4.86. The number of aliphatic carboxylic acids is 1. The summed E-state index contributed by atoms with van der Waals surface area (Å²) >= 11 is 0. The molecule has 0 unspecified atom stereocenters. The van der Waals surface area contributed by atoms with Crippen LogP contribution in [0.25, 0.3) is 0 Å². The highest BCUT2D eigenvalue weighted by molar-refractivity contribution is 5.75. The van der Waals surface area contributed by atoms with Crippen LogP contribution in [0.15, 0.2) is 54.6 Å². The number of carbonyl (C=O) groups is 1. The molecule has 2 nitrogen and oxygen atoms in total. The van der Waals surface area contributed by atoms with Crippen molar-refractivity contribution in [1.29, 1.82) is 0 Å². The molecule has 0 spiro atoms. The maximum atomic E-state index is 11.1. The second kappa shape index (κ2) is 5.70. The van der Waals surface area contributed by atoms with E-state index in [1.807, 2.05) is 36.4 Å². The number of rotatable bonds is 4. The minimum atomic E-state index is -0.787. The molecule has 0 bridgehead atoms. The van der Waals surface area contributed by atoms with E-state index in [4.69, 9.17) is 5.11 Å². The predicted molar refractivity (Wildman–Crippen MR) is 76.5 cm³/mol. The van der Waals surface area contributed by atoms with Crippen molar-refractivity contribution in [1.82, 2.24) is 0 Å². The summed E-state index contributed by atoms with van der Waals surface area (Å²) in [6.45, 7) is 3.86. The first-order chi connectivity index (χ1) is 9.09. The van der Waals surface area contributed by atoms with E-state index in [1.54, 1.807) is 6.92 Å². The highest BCUT2D eigenvalue weighted by Crippen LogP contribution is 2.26. The van der Waals surface area contributed by atoms with Crippen LogP contribution in [0.3, 0.4) is 0 Å². The van der Waals surface area contributed by atoms with Crippen LogP contribution in [0.4, 0.5) is 0 Å². The third-order valence-electron chi connectivity index (χ3n) is 3.58. The molecular formula is C17H18O2. The average molecular weight is 254 g/mol. The highest BCUT2D eigenvalue weighted by Gasteiger charge is 2.15. The first kappa shape index (κ1) is 13.3. The van der Waals surface area contributed by atoms with Crippen molar-refractivity contribution in [2.45, 2.75) is 25.7 Å². The van der Waals surface area contributed by atoms with E-state index in [2.05, 4.69) is 25.1 Å². The molecule has 0 fully saturated rings. The zero-order valence-electron chi connectivity index (χ0n) is 11.2. The first-order valence-electron chi connectivity index (χ1n) is 6.47. The van der Waals surface area contributed by atoms with Crippen molar-refractivity contribution in [2.24, 2.45) is 0 Å². The minimum absolute atomic E-state index is 0.266. The Labute approximate surface area is 113 Å². The maximum absolute atomic E-state index is 11.1. The van der Waals surface area contributed by atoms with Gasteiger partial charge >= 0.3 is 5.97 Å². The lowest BCUT2D eigenvalue weighted by Crippen LogP contribution is -2.08. The van der Waals surface area contributed by atoms with Crippen LogP contribution >= 0.6 is 0 Å². The molecule has 0 amide bonds.